The Morgan fingerprint density at radius 2 is 1.91 bits per heavy atom. The van der Waals surface area contributed by atoms with Crippen molar-refractivity contribution in [2.75, 3.05) is 13.1 Å². The van der Waals surface area contributed by atoms with Gasteiger partial charge in [0.05, 0.1) is 11.6 Å². The summed E-state index contributed by atoms with van der Waals surface area (Å²) < 4.78 is 2.42. The largest absolute Gasteiger partial charge is 0.344 e. The van der Waals surface area contributed by atoms with Crippen LogP contribution in [0.3, 0.4) is 0 Å². The molecule has 2 aromatic rings. The molecule has 0 bridgehead atoms. The second kappa shape index (κ2) is 6.36. The molecule has 1 amide bonds. The number of likely N-dealkylation sites (tertiary alicyclic amines) is 1. The fraction of sp³-hybridized carbons (Fsp3) is 0.526. The molecule has 23 heavy (non-hydrogen) atoms. The number of para-hydroxylation sites is 1. The van der Waals surface area contributed by atoms with Gasteiger partial charge in [-0.25, -0.2) is 0 Å². The molecule has 1 fully saturated rings. The van der Waals surface area contributed by atoms with Crippen molar-refractivity contribution >= 4 is 16.8 Å². The molecule has 3 rings (SSSR count). The summed E-state index contributed by atoms with van der Waals surface area (Å²) in [6.45, 7) is 7.90. The zero-order valence-electron chi connectivity index (χ0n) is 14.3. The Morgan fingerprint density at radius 3 is 2.57 bits per heavy atom. The van der Waals surface area contributed by atoms with Gasteiger partial charge in [-0.3, -0.25) is 4.79 Å². The van der Waals surface area contributed by atoms with E-state index in [2.05, 4.69) is 48.9 Å². The molecular formula is C19H27N3O. The number of amides is 1. The summed E-state index contributed by atoms with van der Waals surface area (Å²) in [5.41, 5.74) is 8.39. The molecule has 4 heteroatoms. The highest BCUT2D eigenvalue weighted by atomic mass is 16.2. The number of nitrogens with two attached hydrogens (primary N) is 1. The van der Waals surface area contributed by atoms with Gasteiger partial charge >= 0.3 is 0 Å². The Hall–Kier alpha value is -1.81. The number of rotatable bonds is 3. The third-order valence-corrected chi connectivity index (χ3v) is 5.30. The molecule has 2 N–H and O–H groups in total. The van der Waals surface area contributed by atoms with Gasteiger partial charge in [-0.05, 0) is 56.5 Å². The molecule has 0 saturated carbocycles. The first-order chi connectivity index (χ1) is 11.0. The van der Waals surface area contributed by atoms with Gasteiger partial charge in [-0.15, -0.1) is 0 Å². The lowest BCUT2D eigenvalue weighted by molar-refractivity contribution is -0.133. The van der Waals surface area contributed by atoms with Crippen LogP contribution in [-0.4, -0.2) is 34.5 Å². The fourth-order valence-electron chi connectivity index (χ4n) is 3.86. The zero-order chi connectivity index (χ0) is 16.6. The summed E-state index contributed by atoms with van der Waals surface area (Å²) in [6.07, 6.45) is 4.30. The standard InChI is InChI=1S/C19H27N3O/c1-13-5-4-6-17-9-12-22(18(13)17)15(3)16-7-10-21(11-8-16)19(23)14(2)20/h4-6,9,12,14-16H,7-8,10-11,20H2,1-3H3/t14-,15?/m0/s1. The Kier molecular flexibility index (Phi) is 4.44. The molecule has 1 aromatic carbocycles. The maximum Gasteiger partial charge on any atom is 0.239 e. The van der Waals surface area contributed by atoms with Gasteiger partial charge < -0.3 is 15.2 Å². The molecule has 1 unspecified atom stereocenters. The van der Waals surface area contributed by atoms with E-state index in [1.807, 2.05) is 4.90 Å². The van der Waals surface area contributed by atoms with Crippen molar-refractivity contribution in [1.29, 1.82) is 0 Å². The van der Waals surface area contributed by atoms with E-state index in [1.165, 1.54) is 16.5 Å². The van der Waals surface area contributed by atoms with Gasteiger partial charge in [0.15, 0.2) is 0 Å². The lowest BCUT2D eigenvalue weighted by Gasteiger charge is -2.36. The predicted molar refractivity (Wildman–Crippen MR) is 94.3 cm³/mol. The number of piperidine rings is 1. The van der Waals surface area contributed by atoms with Crippen LogP contribution in [-0.2, 0) is 4.79 Å². The summed E-state index contributed by atoms with van der Waals surface area (Å²) in [5, 5.41) is 1.31. The first kappa shape index (κ1) is 16.1. The third kappa shape index (κ3) is 3.00. The maximum atomic E-state index is 12.0. The van der Waals surface area contributed by atoms with Gasteiger partial charge in [-0.1, -0.05) is 18.2 Å². The molecule has 2 atom stereocenters. The Balaban J connectivity index is 1.74. The van der Waals surface area contributed by atoms with E-state index in [0.29, 0.717) is 12.0 Å². The number of nitrogens with zero attached hydrogens (tertiary/aromatic N) is 2. The number of benzene rings is 1. The highest BCUT2D eigenvalue weighted by Crippen LogP contribution is 2.32. The van der Waals surface area contributed by atoms with Gasteiger partial charge in [0.2, 0.25) is 5.91 Å². The van der Waals surface area contributed by atoms with Crippen LogP contribution >= 0.6 is 0 Å². The fourth-order valence-corrected chi connectivity index (χ4v) is 3.86. The van der Waals surface area contributed by atoms with Crippen molar-refractivity contribution in [1.82, 2.24) is 9.47 Å². The van der Waals surface area contributed by atoms with Crippen molar-refractivity contribution in [3.8, 4) is 0 Å². The summed E-state index contributed by atoms with van der Waals surface area (Å²) in [5.74, 6) is 0.681. The molecule has 4 nitrogen and oxygen atoms in total. The topological polar surface area (TPSA) is 51.3 Å². The van der Waals surface area contributed by atoms with Crippen molar-refractivity contribution in [2.45, 2.75) is 45.7 Å². The number of hydrogen-bond acceptors (Lipinski definition) is 2. The van der Waals surface area contributed by atoms with Gasteiger partial charge in [-0.2, -0.15) is 0 Å². The number of carbonyl (C=O) groups is 1. The molecule has 1 aliphatic rings. The quantitative estimate of drug-likeness (QED) is 0.946. The maximum absolute atomic E-state index is 12.0. The molecule has 2 heterocycles. The van der Waals surface area contributed by atoms with E-state index < -0.39 is 0 Å². The smallest absolute Gasteiger partial charge is 0.239 e. The predicted octanol–water partition coefficient (Wildman–Crippen LogP) is 3.10. The minimum Gasteiger partial charge on any atom is -0.344 e. The Labute approximate surface area is 138 Å². The van der Waals surface area contributed by atoms with Gasteiger partial charge in [0, 0.05) is 25.3 Å². The Morgan fingerprint density at radius 1 is 1.22 bits per heavy atom. The van der Waals surface area contributed by atoms with E-state index in [-0.39, 0.29) is 11.9 Å². The second-order valence-corrected chi connectivity index (χ2v) is 6.93. The van der Waals surface area contributed by atoms with E-state index in [0.717, 1.165) is 25.9 Å². The lowest BCUT2D eigenvalue weighted by atomic mass is 9.89. The molecule has 0 spiro atoms. The van der Waals surface area contributed by atoms with E-state index in [4.69, 9.17) is 5.73 Å². The van der Waals surface area contributed by atoms with E-state index in [9.17, 15) is 4.79 Å². The molecule has 1 saturated heterocycles. The van der Waals surface area contributed by atoms with Gasteiger partial charge in [0.25, 0.3) is 0 Å². The van der Waals surface area contributed by atoms with Crippen molar-refractivity contribution < 1.29 is 4.79 Å². The van der Waals surface area contributed by atoms with Crippen molar-refractivity contribution in [3.63, 3.8) is 0 Å². The highest BCUT2D eigenvalue weighted by molar-refractivity contribution is 5.83. The summed E-state index contributed by atoms with van der Waals surface area (Å²) in [4.78, 5) is 13.9. The summed E-state index contributed by atoms with van der Waals surface area (Å²) in [6, 6.07) is 8.73. The van der Waals surface area contributed by atoms with Crippen molar-refractivity contribution in [2.24, 2.45) is 11.7 Å². The van der Waals surface area contributed by atoms with Crippen LogP contribution in [0.15, 0.2) is 30.5 Å². The first-order valence-electron chi connectivity index (χ1n) is 8.59. The average molecular weight is 313 g/mol. The number of fused-ring (bicyclic) bond motifs is 1. The highest BCUT2D eigenvalue weighted by Gasteiger charge is 2.28. The summed E-state index contributed by atoms with van der Waals surface area (Å²) >= 11 is 0. The minimum absolute atomic E-state index is 0.0818. The van der Waals surface area contributed by atoms with Crippen LogP contribution in [0.1, 0.15) is 38.3 Å². The summed E-state index contributed by atoms with van der Waals surface area (Å²) in [7, 11) is 0. The lowest BCUT2D eigenvalue weighted by Crippen LogP contribution is -2.46. The number of carbonyl (C=O) groups excluding carboxylic acids is 1. The van der Waals surface area contributed by atoms with Crippen LogP contribution in [0.25, 0.3) is 10.9 Å². The SMILES string of the molecule is Cc1cccc2ccn(C(C)C3CCN(C(=O)[C@H](C)N)CC3)c12. The normalized spacial score (nSPS) is 19.0. The van der Waals surface area contributed by atoms with Crippen LogP contribution in [0.5, 0.6) is 0 Å². The number of aromatic nitrogens is 1. The number of aryl methyl sites for hydroxylation is 1. The molecule has 1 aliphatic heterocycles. The Bertz CT molecular complexity index is 696. The second-order valence-electron chi connectivity index (χ2n) is 6.93. The van der Waals surface area contributed by atoms with Crippen molar-refractivity contribution in [3.05, 3.63) is 36.0 Å². The number of hydrogen-bond donors (Lipinski definition) is 1. The monoisotopic (exact) mass is 313 g/mol. The van der Waals surface area contributed by atoms with Crippen LogP contribution in [0, 0.1) is 12.8 Å². The van der Waals surface area contributed by atoms with Gasteiger partial charge in [0.1, 0.15) is 0 Å². The molecule has 0 radical (unpaired) electrons. The third-order valence-electron chi connectivity index (χ3n) is 5.30. The first-order valence-corrected chi connectivity index (χ1v) is 8.59. The molecular weight excluding hydrogens is 286 g/mol. The molecule has 0 aliphatic carbocycles. The molecule has 124 valence electrons. The average Bonchev–Trinajstić information content (AvgIpc) is 2.99. The minimum atomic E-state index is -0.389. The zero-order valence-corrected chi connectivity index (χ0v) is 14.3. The van der Waals surface area contributed by atoms with Crippen LogP contribution < -0.4 is 5.73 Å². The van der Waals surface area contributed by atoms with E-state index in [1.54, 1.807) is 6.92 Å². The molecule has 1 aromatic heterocycles. The van der Waals surface area contributed by atoms with E-state index >= 15 is 0 Å². The van der Waals surface area contributed by atoms with Crippen LogP contribution in [0.2, 0.25) is 0 Å². The van der Waals surface area contributed by atoms with Crippen LogP contribution in [0.4, 0.5) is 0 Å².